The second-order valence-electron chi connectivity index (χ2n) is 8.28. The van der Waals surface area contributed by atoms with Crippen LogP contribution in [0, 0.1) is 12.7 Å². The van der Waals surface area contributed by atoms with Crippen molar-refractivity contribution in [1.29, 1.82) is 0 Å². The number of nitrogens with one attached hydrogen (secondary N) is 1. The summed E-state index contributed by atoms with van der Waals surface area (Å²) in [5.41, 5.74) is 0.837. The van der Waals surface area contributed by atoms with Gasteiger partial charge < -0.3 is 5.32 Å². The second kappa shape index (κ2) is 6.73. The lowest BCUT2D eigenvalue weighted by molar-refractivity contribution is -0.0171. The third kappa shape index (κ3) is 3.15. The van der Waals surface area contributed by atoms with Gasteiger partial charge in [-0.3, -0.25) is 14.8 Å². The Morgan fingerprint density at radius 1 is 1.24 bits per heavy atom. The van der Waals surface area contributed by atoms with Crippen molar-refractivity contribution in [3.05, 3.63) is 59.2 Å². The summed E-state index contributed by atoms with van der Waals surface area (Å²) in [7, 11) is 3.90. The summed E-state index contributed by atoms with van der Waals surface area (Å²) < 4.78 is 39.6. The number of nitrogens with zero attached hydrogens (tertiary/aromatic N) is 3. The Morgan fingerprint density at radius 3 is 2.55 bits per heavy atom. The molecule has 1 saturated carbocycles. The number of hydrogen-bond donors (Lipinski definition) is 1. The maximum absolute atomic E-state index is 13.8. The van der Waals surface area contributed by atoms with E-state index in [1.165, 1.54) is 18.3 Å². The van der Waals surface area contributed by atoms with Gasteiger partial charge in [-0.1, -0.05) is 12.1 Å². The fraction of sp³-hybridized carbons (Fsp3) is 0.429. The quantitative estimate of drug-likeness (QED) is 0.839. The Hall–Kier alpha value is -2.61. The normalized spacial score (nSPS) is 26.3. The summed E-state index contributed by atoms with van der Waals surface area (Å²) in [4.78, 5) is 20.1. The zero-order valence-corrected chi connectivity index (χ0v) is 16.5. The number of amides is 2. The third-order valence-corrected chi connectivity index (χ3v) is 6.18. The number of carbonyl (C=O) groups excluding carboxylic acids is 1. The molecule has 1 aromatic carbocycles. The van der Waals surface area contributed by atoms with E-state index in [0.29, 0.717) is 30.6 Å². The van der Waals surface area contributed by atoms with E-state index >= 15 is 0 Å². The number of anilines is 1. The predicted octanol–water partition coefficient (Wildman–Crippen LogP) is 3.99. The zero-order chi connectivity index (χ0) is 21.0. The van der Waals surface area contributed by atoms with Crippen LogP contribution in [0.1, 0.15) is 36.1 Å². The molecule has 4 rings (SSSR count). The van der Waals surface area contributed by atoms with Crippen molar-refractivity contribution in [2.45, 2.75) is 37.3 Å². The van der Waals surface area contributed by atoms with Crippen LogP contribution in [-0.4, -0.2) is 42.1 Å². The van der Waals surface area contributed by atoms with Crippen LogP contribution in [-0.2, 0) is 5.54 Å². The van der Waals surface area contributed by atoms with E-state index in [1.807, 2.05) is 20.2 Å². The summed E-state index contributed by atoms with van der Waals surface area (Å²) in [6, 6.07) is 7.60. The van der Waals surface area contributed by atoms with Crippen LogP contribution in [0.3, 0.4) is 0 Å². The van der Waals surface area contributed by atoms with Crippen molar-refractivity contribution < 1.29 is 18.0 Å². The maximum atomic E-state index is 13.8. The van der Waals surface area contributed by atoms with E-state index in [0.717, 1.165) is 5.56 Å². The van der Waals surface area contributed by atoms with Gasteiger partial charge in [0.2, 0.25) is 0 Å². The molecule has 5 nitrogen and oxygen atoms in total. The van der Waals surface area contributed by atoms with Crippen LogP contribution in [0.2, 0.25) is 0 Å². The van der Waals surface area contributed by atoms with Gasteiger partial charge in [0.25, 0.3) is 6.43 Å². The van der Waals surface area contributed by atoms with Gasteiger partial charge >= 0.3 is 6.03 Å². The molecular weight excluding hydrogens is 381 g/mol. The molecule has 29 heavy (non-hydrogen) atoms. The number of alkyl halides is 2. The number of carbonyl (C=O) groups is 1. The molecule has 2 aromatic rings. The predicted molar refractivity (Wildman–Crippen MR) is 104 cm³/mol. The van der Waals surface area contributed by atoms with Crippen molar-refractivity contribution in [1.82, 2.24) is 15.2 Å². The Bertz CT molecular complexity index is 957. The number of pyridine rings is 1. The van der Waals surface area contributed by atoms with Gasteiger partial charge in [0.1, 0.15) is 11.5 Å². The number of aromatic nitrogens is 1. The number of hydrogen-bond acceptors (Lipinski definition) is 3. The van der Waals surface area contributed by atoms with Crippen LogP contribution in [0.4, 0.5) is 23.7 Å². The molecule has 2 heterocycles. The monoisotopic (exact) mass is 404 g/mol. The molecule has 0 unspecified atom stereocenters. The largest absolute Gasteiger partial charge is 0.330 e. The van der Waals surface area contributed by atoms with Gasteiger partial charge in [-0.2, -0.15) is 0 Å². The molecule has 1 aliphatic carbocycles. The molecule has 0 radical (unpaired) electrons. The first kappa shape index (κ1) is 19.7. The first-order valence-electron chi connectivity index (χ1n) is 9.44. The molecule has 1 N–H and O–H groups in total. The van der Waals surface area contributed by atoms with Crippen molar-refractivity contribution in [3.8, 4) is 0 Å². The number of aryl methyl sites for hydroxylation is 1. The minimum absolute atomic E-state index is 0.272. The molecule has 1 aromatic heterocycles. The lowest BCUT2D eigenvalue weighted by Crippen LogP contribution is -2.66. The summed E-state index contributed by atoms with van der Waals surface area (Å²) >= 11 is 0. The summed E-state index contributed by atoms with van der Waals surface area (Å²) in [5.74, 6) is -0.289. The number of halogens is 3. The fourth-order valence-corrected chi connectivity index (χ4v) is 4.70. The molecule has 2 amide bonds. The van der Waals surface area contributed by atoms with Gasteiger partial charge in [-0.15, -0.1) is 0 Å². The Kier molecular flexibility index (Phi) is 4.57. The fourth-order valence-electron chi connectivity index (χ4n) is 4.70. The van der Waals surface area contributed by atoms with E-state index in [4.69, 9.17) is 0 Å². The van der Waals surface area contributed by atoms with Crippen molar-refractivity contribution >= 4 is 11.7 Å². The highest BCUT2D eigenvalue weighted by molar-refractivity contribution is 5.96. The maximum Gasteiger partial charge on any atom is 0.322 e. The molecule has 2 fully saturated rings. The highest BCUT2D eigenvalue weighted by atomic mass is 19.3. The van der Waals surface area contributed by atoms with Crippen LogP contribution < -0.4 is 10.2 Å². The zero-order valence-electron chi connectivity index (χ0n) is 16.5. The topological polar surface area (TPSA) is 48.5 Å². The Labute approximate surface area is 167 Å². The molecule has 154 valence electrons. The SMILES string of the molecule is Cc1cc(C(F)F)ncc1N1CC2(CC(c3cccc(F)c3)(N(C)C)C2)NC1=O. The first-order valence-corrected chi connectivity index (χ1v) is 9.44. The number of urea groups is 1. The standard InChI is InChI=1S/C21H23F3N4O/c1-13-7-16(18(23)24)25-9-17(13)28-12-20(26-19(28)29)10-21(11-20,27(2)3)14-5-4-6-15(22)8-14/h4-9,18H,10-12H2,1-3H3,(H,26,29). The summed E-state index contributed by atoms with van der Waals surface area (Å²) in [5, 5.41) is 3.06. The van der Waals surface area contributed by atoms with Crippen LogP contribution >= 0.6 is 0 Å². The van der Waals surface area contributed by atoms with Crippen molar-refractivity contribution in [2.24, 2.45) is 0 Å². The van der Waals surface area contributed by atoms with Crippen LogP contribution in [0.25, 0.3) is 0 Å². The van der Waals surface area contributed by atoms with Gasteiger partial charge in [-0.05, 0) is 63.2 Å². The van der Waals surface area contributed by atoms with E-state index in [-0.39, 0.29) is 23.1 Å². The number of benzene rings is 1. The highest BCUT2D eigenvalue weighted by Gasteiger charge is 2.61. The average Bonchev–Trinajstić information content (AvgIpc) is 2.97. The molecule has 0 bridgehead atoms. The van der Waals surface area contributed by atoms with Crippen molar-refractivity contribution in [2.75, 3.05) is 25.5 Å². The average molecular weight is 404 g/mol. The van der Waals surface area contributed by atoms with Gasteiger partial charge in [0.05, 0.1) is 29.5 Å². The Morgan fingerprint density at radius 2 is 1.97 bits per heavy atom. The lowest BCUT2D eigenvalue weighted by atomic mass is 9.59. The smallest absolute Gasteiger partial charge is 0.322 e. The molecule has 0 atom stereocenters. The van der Waals surface area contributed by atoms with Crippen molar-refractivity contribution in [3.63, 3.8) is 0 Å². The molecule has 1 saturated heterocycles. The second-order valence-corrected chi connectivity index (χ2v) is 8.28. The van der Waals surface area contributed by atoms with E-state index in [9.17, 15) is 18.0 Å². The lowest BCUT2D eigenvalue weighted by Gasteiger charge is -2.57. The molecule has 1 spiro atoms. The first-order chi connectivity index (χ1) is 13.7. The number of rotatable bonds is 4. The highest BCUT2D eigenvalue weighted by Crippen LogP contribution is 2.53. The summed E-state index contributed by atoms with van der Waals surface area (Å²) in [6.45, 7) is 2.10. The van der Waals surface area contributed by atoms with E-state index in [1.54, 1.807) is 24.0 Å². The minimum Gasteiger partial charge on any atom is -0.330 e. The minimum atomic E-state index is -2.65. The molecule has 2 aliphatic rings. The van der Waals surface area contributed by atoms with E-state index < -0.39 is 12.0 Å². The van der Waals surface area contributed by atoms with Gasteiger partial charge in [-0.25, -0.2) is 18.0 Å². The summed E-state index contributed by atoms with van der Waals surface area (Å²) in [6.07, 6.45) is -0.0689. The van der Waals surface area contributed by atoms with Crippen LogP contribution in [0.15, 0.2) is 36.5 Å². The molecule has 1 aliphatic heterocycles. The Balaban J connectivity index is 1.59. The molecular formula is C21H23F3N4O. The van der Waals surface area contributed by atoms with E-state index in [2.05, 4.69) is 15.2 Å². The van der Waals surface area contributed by atoms with Gasteiger partial charge in [0, 0.05) is 0 Å². The third-order valence-electron chi connectivity index (χ3n) is 6.18. The van der Waals surface area contributed by atoms with Crippen LogP contribution in [0.5, 0.6) is 0 Å². The van der Waals surface area contributed by atoms with Gasteiger partial charge in [0.15, 0.2) is 0 Å². The molecule has 8 heteroatoms.